The van der Waals surface area contributed by atoms with Crippen molar-refractivity contribution >= 4 is 22.9 Å². The first-order chi connectivity index (χ1) is 14.2. The Labute approximate surface area is 171 Å². The number of morpholine rings is 1. The molecule has 0 bridgehead atoms. The molecule has 29 heavy (non-hydrogen) atoms. The Hall–Kier alpha value is -2.09. The molecular weight excluding hydrogens is 370 g/mol. The van der Waals surface area contributed by atoms with Gasteiger partial charge in [-0.1, -0.05) is 0 Å². The van der Waals surface area contributed by atoms with E-state index < -0.39 is 0 Å². The third kappa shape index (κ3) is 3.52. The summed E-state index contributed by atoms with van der Waals surface area (Å²) in [7, 11) is 0. The van der Waals surface area contributed by atoms with Crippen molar-refractivity contribution in [2.45, 2.75) is 44.4 Å². The lowest BCUT2D eigenvalue weighted by atomic mass is 10.0. The van der Waals surface area contributed by atoms with Gasteiger partial charge in [0.05, 0.1) is 42.3 Å². The molecule has 5 rings (SSSR count). The van der Waals surface area contributed by atoms with Crippen molar-refractivity contribution < 1.29 is 19.0 Å². The lowest BCUT2D eigenvalue weighted by Crippen LogP contribution is -2.42. The summed E-state index contributed by atoms with van der Waals surface area (Å²) in [5.74, 6) is 0.0783. The standard InChI is InChI=1S/C22H29N3O4/c1-14-18(6-10-29-14)24-15-2-3-20-17(12-15)21(19-13-28-11-7-23-19)22(26)25(20)16-4-8-27-9-5-16/h2-3,12,14,16,18,23-24H,4-11,13H2,1H3/b21-19-. The van der Waals surface area contributed by atoms with Gasteiger partial charge >= 0.3 is 0 Å². The van der Waals surface area contributed by atoms with E-state index in [1.165, 1.54) is 0 Å². The number of nitrogens with one attached hydrogen (secondary N) is 2. The van der Waals surface area contributed by atoms with Gasteiger partial charge < -0.3 is 29.7 Å². The van der Waals surface area contributed by atoms with Crippen LogP contribution in [0.3, 0.4) is 0 Å². The zero-order chi connectivity index (χ0) is 19.8. The Morgan fingerprint density at radius 2 is 1.97 bits per heavy atom. The van der Waals surface area contributed by atoms with E-state index >= 15 is 0 Å². The third-order valence-electron chi connectivity index (χ3n) is 6.38. The molecular formula is C22H29N3O4. The molecule has 4 aliphatic rings. The predicted molar refractivity (Wildman–Crippen MR) is 111 cm³/mol. The normalized spacial score (nSPS) is 30.4. The largest absolute Gasteiger partial charge is 0.383 e. The number of hydrogen-bond acceptors (Lipinski definition) is 6. The second-order valence-corrected chi connectivity index (χ2v) is 8.20. The number of carbonyl (C=O) groups is 1. The molecule has 7 nitrogen and oxygen atoms in total. The summed E-state index contributed by atoms with van der Waals surface area (Å²) in [6, 6.07) is 6.77. The fourth-order valence-electron chi connectivity index (χ4n) is 4.77. The van der Waals surface area contributed by atoms with Crippen LogP contribution in [0.25, 0.3) is 5.57 Å². The van der Waals surface area contributed by atoms with Crippen molar-refractivity contribution in [2.24, 2.45) is 0 Å². The number of nitrogens with zero attached hydrogens (tertiary/aromatic N) is 1. The molecule has 2 unspecified atom stereocenters. The maximum atomic E-state index is 13.6. The molecule has 0 saturated carbocycles. The molecule has 0 aromatic heterocycles. The van der Waals surface area contributed by atoms with Gasteiger partial charge in [0.25, 0.3) is 5.91 Å². The number of hydrogen-bond donors (Lipinski definition) is 2. The quantitative estimate of drug-likeness (QED) is 0.759. The molecule has 2 N–H and O–H groups in total. The number of anilines is 2. The summed E-state index contributed by atoms with van der Waals surface area (Å²) in [5.41, 5.74) is 4.67. The van der Waals surface area contributed by atoms with Crippen LogP contribution in [-0.2, 0) is 19.0 Å². The highest BCUT2D eigenvalue weighted by molar-refractivity contribution is 6.33. The first kappa shape index (κ1) is 18.9. The lowest BCUT2D eigenvalue weighted by Gasteiger charge is -2.31. The summed E-state index contributed by atoms with van der Waals surface area (Å²) in [4.78, 5) is 15.5. The summed E-state index contributed by atoms with van der Waals surface area (Å²) >= 11 is 0. The van der Waals surface area contributed by atoms with E-state index in [1.54, 1.807) is 0 Å². The van der Waals surface area contributed by atoms with E-state index in [0.29, 0.717) is 32.5 Å². The monoisotopic (exact) mass is 399 g/mol. The molecule has 4 heterocycles. The van der Waals surface area contributed by atoms with E-state index in [9.17, 15) is 4.79 Å². The van der Waals surface area contributed by atoms with Gasteiger partial charge in [0.1, 0.15) is 0 Å². The smallest absolute Gasteiger partial charge is 0.261 e. The van der Waals surface area contributed by atoms with Crippen LogP contribution in [-0.4, -0.2) is 63.7 Å². The number of carbonyl (C=O) groups excluding carboxylic acids is 1. The van der Waals surface area contributed by atoms with Gasteiger partial charge in [-0.3, -0.25) is 4.79 Å². The van der Waals surface area contributed by atoms with Gasteiger partial charge in [0.15, 0.2) is 0 Å². The van der Waals surface area contributed by atoms with Gasteiger partial charge in [0.2, 0.25) is 0 Å². The van der Waals surface area contributed by atoms with Crippen LogP contribution in [0.1, 0.15) is 31.7 Å². The topological polar surface area (TPSA) is 72.1 Å². The molecule has 4 aliphatic heterocycles. The van der Waals surface area contributed by atoms with Crippen molar-refractivity contribution in [1.29, 1.82) is 0 Å². The van der Waals surface area contributed by atoms with Crippen LogP contribution in [0.4, 0.5) is 11.4 Å². The molecule has 1 aromatic rings. The molecule has 7 heteroatoms. The summed E-state index contributed by atoms with van der Waals surface area (Å²) in [6.45, 7) is 6.15. The lowest BCUT2D eigenvalue weighted by molar-refractivity contribution is -0.113. The van der Waals surface area contributed by atoms with Crippen molar-refractivity contribution in [3.8, 4) is 0 Å². The Kier molecular flexibility index (Phi) is 5.20. The fourth-order valence-corrected chi connectivity index (χ4v) is 4.77. The van der Waals surface area contributed by atoms with Gasteiger partial charge in [-0.15, -0.1) is 0 Å². The first-order valence-corrected chi connectivity index (χ1v) is 10.7. The van der Waals surface area contributed by atoms with Crippen LogP contribution < -0.4 is 15.5 Å². The zero-order valence-electron chi connectivity index (χ0n) is 16.9. The molecule has 156 valence electrons. The zero-order valence-corrected chi connectivity index (χ0v) is 16.9. The Morgan fingerprint density at radius 1 is 1.10 bits per heavy atom. The molecule has 2 atom stereocenters. The van der Waals surface area contributed by atoms with E-state index in [2.05, 4.69) is 35.8 Å². The SMILES string of the molecule is CC1OCCC1Nc1ccc2c(c1)/C(=C1\COCCN1)C(=O)N2C1CCOCC1. The number of rotatable bonds is 3. The maximum absolute atomic E-state index is 13.6. The van der Waals surface area contributed by atoms with Crippen LogP contribution in [0, 0.1) is 0 Å². The van der Waals surface area contributed by atoms with Crippen LogP contribution in [0.5, 0.6) is 0 Å². The number of fused-ring (bicyclic) bond motifs is 1. The molecule has 0 radical (unpaired) electrons. The molecule has 1 amide bonds. The molecule has 0 aliphatic carbocycles. The number of benzene rings is 1. The van der Waals surface area contributed by atoms with Crippen molar-refractivity contribution in [3.63, 3.8) is 0 Å². The highest BCUT2D eigenvalue weighted by atomic mass is 16.5. The minimum absolute atomic E-state index is 0.0783. The number of amides is 1. The van der Waals surface area contributed by atoms with Crippen molar-refractivity contribution in [3.05, 3.63) is 29.5 Å². The van der Waals surface area contributed by atoms with E-state index in [0.717, 1.165) is 60.6 Å². The third-order valence-corrected chi connectivity index (χ3v) is 6.38. The predicted octanol–water partition coefficient (Wildman–Crippen LogP) is 2.13. The van der Waals surface area contributed by atoms with Gasteiger partial charge in [-0.2, -0.15) is 0 Å². The van der Waals surface area contributed by atoms with E-state index in [1.807, 2.05) is 4.90 Å². The Balaban J connectivity index is 1.52. The second-order valence-electron chi connectivity index (χ2n) is 8.20. The van der Waals surface area contributed by atoms with Gasteiger partial charge in [-0.25, -0.2) is 0 Å². The number of ether oxygens (including phenoxy) is 3. The fraction of sp³-hybridized carbons (Fsp3) is 0.591. The van der Waals surface area contributed by atoms with Gasteiger partial charge in [0, 0.05) is 43.7 Å². The van der Waals surface area contributed by atoms with Crippen molar-refractivity contribution in [1.82, 2.24) is 5.32 Å². The van der Waals surface area contributed by atoms with Crippen molar-refractivity contribution in [2.75, 3.05) is 49.8 Å². The first-order valence-electron chi connectivity index (χ1n) is 10.7. The summed E-state index contributed by atoms with van der Waals surface area (Å²) in [5, 5.41) is 7.00. The highest BCUT2D eigenvalue weighted by Gasteiger charge is 2.40. The molecule has 3 saturated heterocycles. The van der Waals surface area contributed by atoms with Gasteiger partial charge in [-0.05, 0) is 44.4 Å². The minimum atomic E-state index is 0.0783. The van der Waals surface area contributed by atoms with E-state index in [-0.39, 0.29) is 18.1 Å². The summed E-state index contributed by atoms with van der Waals surface area (Å²) in [6.07, 6.45) is 2.92. The average molecular weight is 399 g/mol. The molecule has 0 spiro atoms. The molecule has 3 fully saturated rings. The average Bonchev–Trinajstić information content (AvgIpc) is 3.28. The summed E-state index contributed by atoms with van der Waals surface area (Å²) < 4.78 is 16.9. The minimum Gasteiger partial charge on any atom is -0.383 e. The second kappa shape index (κ2) is 7.97. The molecule has 1 aromatic carbocycles. The maximum Gasteiger partial charge on any atom is 0.261 e. The van der Waals surface area contributed by atoms with E-state index in [4.69, 9.17) is 14.2 Å². The van der Waals surface area contributed by atoms with Crippen LogP contribution >= 0.6 is 0 Å². The van der Waals surface area contributed by atoms with Crippen LogP contribution in [0.2, 0.25) is 0 Å². The van der Waals surface area contributed by atoms with Crippen LogP contribution in [0.15, 0.2) is 23.9 Å². The Bertz CT molecular complexity index is 810. The Morgan fingerprint density at radius 3 is 2.69 bits per heavy atom. The highest BCUT2D eigenvalue weighted by Crippen LogP contribution is 2.42.